The molecule has 36 heavy (non-hydrogen) atoms. The zero-order valence-electron chi connectivity index (χ0n) is 22.0. The van der Waals surface area contributed by atoms with Gasteiger partial charge in [0.2, 0.25) is 5.90 Å². The zero-order chi connectivity index (χ0) is 25.8. The Morgan fingerprint density at radius 2 is 1.67 bits per heavy atom. The third kappa shape index (κ3) is 8.28. The van der Waals surface area contributed by atoms with E-state index in [-0.39, 0.29) is 17.5 Å². The minimum atomic E-state index is -0.497. The third-order valence-corrected chi connectivity index (χ3v) is 6.74. The van der Waals surface area contributed by atoms with Crippen LogP contribution in [0.25, 0.3) is 0 Å². The molecule has 0 saturated carbocycles. The number of ether oxygens (including phenoxy) is 3. The minimum Gasteiger partial charge on any atom is -0.507 e. The predicted molar refractivity (Wildman–Crippen MR) is 143 cm³/mol. The van der Waals surface area contributed by atoms with Gasteiger partial charge < -0.3 is 19.3 Å². The molecule has 2 aromatic carbocycles. The lowest BCUT2D eigenvalue weighted by atomic mass is 10.0. The number of phenols is 1. The van der Waals surface area contributed by atoms with E-state index in [1.165, 1.54) is 51.0 Å². The molecule has 196 valence electrons. The topological polar surface area (TPSA) is 77.4 Å². The molecular formula is C30H41NO5. The molecule has 0 aliphatic carbocycles. The van der Waals surface area contributed by atoms with Crippen LogP contribution >= 0.6 is 0 Å². The van der Waals surface area contributed by atoms with Gasteiger partial charge in [-0.15, -0.1) is 0 Å². The van der Waals surface area contributed by atoms with E-state index in [2.05, 4.69) is 25.8 Å². The number of benzene rings is 2. The first-order valence-electron chi connectivity index (χ1n) is 13.5. The van der Waals surface area contributed by atoms with Gasteiger partial charge in [0.1, 0.15) is 23.9 Å². The van der Waals surface area contributed by atoms with Crippen LogP contribution in [0.2, 0.25) is 0 Å². The Hall–Kier alpha value is -3.02. The number of rotatable bonds is 15. The number of phenolic OH excluding ortho intramolecular Hbond substituents is 1. The lowest BCUT2D eigenvalue weighted by molar-refractivity contribution is 0.0734. The van der Waals surface area contributed by atoms with Gasteiger partial charge in [0, 0.05) is 6.07 Å². The fraction of sp³-hybridized carbons (Fsp3) is 0.533. The van der Waals surface area contributed by atoms with E-state index in [9.17, 15) is 9.90 Å². The highest BCUT2D eigenvalue weighted by molar-refractivity contribution is 5.98. The van der Waals surface area contributed by atoms with E-state index in [4.69, 9.17) is 14.2 Å². The lowest BCUT2D eigenvalue weighted by Crippen LogP contribution is -2.16. The number of nitrogens with zero attached hydrogens (tertiary/aromatic N) is 1. The molecule has 0 radical (unpaired) electrons. The molecule has 0 spiro atoms. The number of carbonyl (C=O) groups is 1. The molecule has 1 unspecified atom stereocenters. The van der Waals surface area contributed by atoms with Crippen LogP contribution in [-0.4, -0.2) is 36.2 Å². The molecule has 0 saturated heterocycles. The van der Waals surface area contributed by atoms with Crippen LogP contribution in [-0.2, 0) is 4.74 Å². The summed E-state index contributed by atoms with van der Waals surface area (Å²) in [6.45, 7) is 7.69. The Morgan fingerprint density at radius 3 is 2.33 bits per heavy atom. The molecular weight excluding hydrogens is 454 g/mol. The molecule has 2 atom stereocenters. The minimum absolute atomic E-state index is 0.0337. The van der Waals surface area contributed by atoms with Crippen molar-refractivity contribution in [2.75, 3.05) is 13.2 Å². The quantitative estimate of drug-likeness (QED) is 0.159. The Kier molecular flexibility index (Phi) is 11.1. The highest BCUT2D eigenvalue weighted by Crippen LogP contribution is 2.28. The van der Waals surface area contributed by atoms with Crippen molar-refractivity contribution in [3.05, 3.63) is 53.6 Å². The van der Waals surface area contributed by atoms with Crippen LogP contribution in [0.15, 0.2) is 47.5 Å². The van der Waals surface area contributed by atoms with Crippen molar-refractivity contribution >= 4 is 11.9 Å². The van der Waals surface area contributed by atoms with Crippen LogP contribution in [0.1, 0.15) is 94.5 Å². The summed E-state index contributed by atoms with van der Waals surface area (Å²) in [7, 11) is 0. The number of carbonyl (C=O) groups excluding carboxylic acids is 1. The summed E-state index contributed by atoms with van der Waals surface area (Å²) in [6.07, 6.45) is 11.1. The average Bonchev–Trinajstić information content (AvgIpc) is 3.37. The summed E-state index contributed by atoms with van der Waals surface area (Å²) >= 11 is 0. The maximum Gasteiger partial charge on any atom is 0.343 e. The maximum absolute atomic E-state index is 12.6. The van der Waals surface area contributed by atoms with Gasteiger partial charge in [0.05, 0.1) is 23.8 Å². The van der Waals surface area contributed by atoms with Crippen molar-refractivity contribution in [2.24, 2.45) is 10.9 Å². The van der Waals surface area contributed by atoms with Gasteiger partial charge in [0.15, 0.2) is 0 Å². The Morgan fingerprint density at radius 1 is 1.00 bits per heavy atom. The van der Waals surface area contributed by atoms with Gasteiger partial charge in [-0.3, -0.25) is 0 Å². The van der Waals surface area contributed by atoms with Gasteiger partial charge in [-0.25, -0.2) is 9.79 Å². The van der Waals surface area contributed by atoms with Crippen molar-refractivity contribution in [2.45, 2.75) is 84.6 Å². The highest BCUT2D eigenvalue weighted by Gasteiger charge is 2.26. The number of esters is 1. The third-order valence-electron chi connectivity index (χ3n) is 6.74. The molecule has 1 heterocycles. The van der Waals surface area contributed by atoms with E-state index in [0.717, 1.165) is 18.6 Å². The first-order chi connectivity index (χ1) is 17.5. The van der Waals surface area contributed by atoms with E-state index in [0.29, 0.717) is 36.2 Å². The number of unbranched alkanes of at least 4 members (excludes halogenated alkanes) is 7. The summed E-state index contributed by atoms with van der Waals surface area (Å²) < 4.78 is 17.0. The summed E-state index contributed by atoms with van der Waals surface area (Å²) in [5, 5.41) is 10.5. The van der Waals surface area contributed by atoms with Gasteiger partial charge >= 0.3 is 5.97 Å². The fourth-order valence-corrected chi connectivity index (χ4v) is 4.14. The number of aromatic hydroxyl groups is 1. The molecule has 0 fully saturated rings. The SMILES string of the molecule is CCCCCCCCCCOc1ccc(C(=O)Oc2ccc(C3=N[C@@H](C(C)CC)CO3)c(O)c2)cc1. The van der Waals surface area contributed by atoms with Crippen molar-refractivity contribution in [1.29, 1.82) is 0 Å². The Bertz CT molecular complexity index is 985. The van der Waals surface area contributed by atoms with Gasteiger partial charge in [-0.2, -0.15) is 0 Å². The van der Waals surface area contributed by atoms with Crippen LogP contribution in [0.3, 0.4) is 0 Å². The van der Waals surface area contributed by atoms with Crippen molar-refractivity contribution in [1.82, 2.24) is 0 Å². The van der Waals surface area contributed by atoms with Gasteiger partial charge in [-0.05, 0) is 48.7 Å². The summed E-state index contributed by atoms with van der Waals surface area (Å²) in [6, 6.07) is 11.8. The van der Waals surface area contributed by atoms with E-state index in [1.54, 1.807) is 36.4 Å². The van der Waals surface area contributed by atoms with E-state index in [1.807, 2.05) is 0 Å². The van der Waals surface area contributed by atoms with Crippen molar-refractivity contribution in [3.8, 4) is 17.2 Å². The van der Waals surface area contributed by atoms with Crippen molar-refractivity contribution in [3.63, 3.8) is 0 Å². The average molecular weight is 496 g/mol. The van der Waals surface area contributed by atoms with Crippen LogP contribution in [0.5, 0.6) is 17.2 Å². The van der Waals surface area contributed by atoms with E-state index < -0.39 is 5.97 Å². The lowest BCUT2D eigenvalue weighted by Gasteiger charge is -2.11. The maximum atomic E-state index is 12.6. The molecule has 6 heteroatoms. The molecule has 1 aliphatic heterocycles. The zero-order valence-corrected chi connectivity index (χ0v) is 22.0. The fourth-order valence-electron chi connectivity index (χ4n) is 4.14. The molecule has 1 aliphatic rings. The monoisotopic (exact) mass is 495 g/mol. The standard InChI is InChI=1S/C30H41NO5/c1-4-6-7-8-9-10-11-12-19-34-24-15-13-23(14-16-24)30(33)36-25-17-18-26(28(32)20-25)29-31-27(21-35-29)22(3)5-2/h13-18,20,22,27,32H,4-12,19,21H2,1-3H3/t22?,27-/m1/s1. The summed E-state index contributed by atoms with van der Waals surface area (Å²) in [5.41, 5.74) is 0.913. The van der Waals surface area contributed by atoms with Gasteiger partial charge in [-0.1, -0.05) is 72.1 Å². The molecule has 6 nitrogen and oxygen atoms in total. The molecule has 0 bridgehead atoms. The molecule has 2 aromatic rings. The normalized spacial score (nSPS) is 15.8. The number of hydrogen-bond donors (Lipinski definition) is 1. The molecule has 0 aromatic heterocycles. The van der Waals surface area contributed by atoms with Crippen LogP contribution < -0.4 is 9.47 Å². The molecule has 1 N–H and O–H groups in total. The first kappa shape index (κ1) is 27.6. The number of aliphatic imine (C=N–C) groups is 1. The Balaban J connectivity index is 1.44. The smallest absolute Gasteiger partial charge is 0.343 e. The largest absolute Gasteiger partial charge is 0.507 e. The van der Waals surface area contributed by atoms with Gasteiger partial charge in [0.25, 0.3) is 0 Å². The first-order valence-corrected chi connectivity index (χ1v) is 13.5. The second-order valence-corrected chi connectivity index (χ2v) is 9.61. The second kappa shape index (κ2) is 14.5. The predicted octanol–water partition coefficient (Wildman–Crippen LogP) is 7.32. The second-order valence-electron chi connectivity index (χ2n) is 9.61. The Labute approximate surface area is 215 Å². The highest BCUT2D eigenvalue weighted by atomic mass is 16.5. The molecule has 3 rings (SSSR count). The van der Waals surface area contributed by atoms with Crippen LogP contribution in [0, 0.1) is 5.92 Å². The number of hydrogen-bond acceptors (Lipinski definition) is 6. The molecule has 0 amide bonds. The van der Waals surface area contributed by atoms with E-state index >= 15 is 0 Å². The summed E-state index contributed by atoms with van der Waals surface area (Å²) in [5.74, 6) is 1.31. The van der Waals surface area contributed by atoms with Crippen molar-refractivity contribution < 1.29 is 24.1 Å². The van der Waals surface area contributed by atoms with Crippen LogP contribution in [0.4, 0.5) is 0 Å². The summed E-state index contributed by atoms with van der Waals surface area (Å²) in [4.78, 5) is 17.2.